The molecular weight excluding hydrogens is 356 g/mol. The zero-order chi connectivity index (χ0) is 19.9. The van der Waals surface area contributed by atoms with Crippen molar-refractivity contribution in [2.75, 3.05) is 7.11 Å². The minimum Gasteiger partial charge on any atom is -0.423 e. The Hall–Kier alpha value is -2.92. The van der Waals surface area contributed by atoms with Gasteiger partial charge in [-0.3, -0.25) is 4.79 Å². The maximum Gasteiger partial charge on any atom is 0.511 e. The van der Waals surface area contributed by atoms with E-state index >= 15 is 0 Å². The first-order valence-corrected chi connectivity index (χ1v) is 9.24. The molecule has 4 rings (SSSR count). The number of allylic oxidation sites excluding steroid dienone is 2. The first-order valence-electron chi connectivity index (χ1n) is 9.24. The Kier molecular flexibility index (Phi) is 4.55. The average Bonchev–Trinajstić information content (AvgIpc) is 3.21. The van der Waals surface area contributed by atoms with Crippen LogP contribution in [0.2, 0.25) is 0 Å². The number of hydrogen-bond acceptors (Lipinski definition) is 5. The molecule has 0 saturated carbocycles. The van der Waals surface area contributed by atoms with Crippen LogP contribution in [0.3, 0.4) is 0 Å². The number of carbonyl (C=O) groups excluding carboxylic acids is 2. The number of hydrogen-bond donors (Lipinski definition) is 0. The van der Waals surface area contributed by atoms with E-state index in [1.54, 1.807) is 0 Å². The molecule has 144 valence electrons. The number of benzene rings is 2. The molecule has 2 aromatic carbocycles. The van der Waals surface area contributed by atoms with Crippen molar-refractivity contribution < 1.29 is 23.8 Å². The van der Waals surface area contributed by atoms with E-state index in [9.17, 15) is 9.59 Å². The standard InChI is InChI=1S/C23H22O5/c1-14-17(15-10-6-4-7-11-15)18(16-12-8-5-9-13-16)23(2,19(14)24)20-21(26-3)28-22(25)27-20/h4-13,18,20-21H,1-3H3. The van der Waals surface area contributed by atoms with Gasteiger partial charge in [0.2, 0.25) is 6.29 Å². The lowest BCUT2D eigenvalue weighted by Gasteiger charge is -2.37. The van der Waals surface area contributed by atoms with E-state index in [2.05, 4.69) is 0 Å². The van der Waals surface area contributed by atoms with Gasteiger partial charge in [0.15, 0.2) is 11.9 Å². The molecule has 0 N–H and O–H groups in total. The molecular formula is C23H22O5. The molecule has 1 fully saturated rings. The van der Waals surface area contributed by atoms with Crippen LogP contribution in [-0.4, -0.2) is 31.4 Å². The molecule has 2 aliphatic rings. The molecule has 1 heterocycles. The summed E-state index contributed by atoms with van der Waals surface area (Å²) in [4.78, 5) is 25.4. The van der Waals surface area contributed by atoms with Crippen molar-refractivity contribution in [3.8, 4) is 0 Å². The fraction of sp³-hybridized carbons (Fsp3) is 0.304. The van der Waals surface area contributed by atoms with Gasteiger partial charge in [0, 0.05) is 13.0 Å². The SMILES string of the molecule is COC1OC(=O)OC1C1(C)C(=O)C(C)=C(c2ccccc2)C1c1ccccc1. The summed E-state index contributed by atoms with van der Waals surface area (Å²) in [5.74, 6) is -0.369. The molecule has 5 nitrogen and oxygen atoms in total. The molecule has 28 heavy (non-hydrogen) atoms. The molecule has 4 atom stereocenters. The zero-order valence-corrected chi connectivity index (χ0v) is 16.0. The Balaban J connectivity index is 1.92. The number of ketones is 1. The Morgan fingerprint density at radius 3 is 2.14 bits per heavy atom. The van der Waals surface area contributed by atoms with E-state index in [4.69, 9.17) is 14.2 Å². The first-order chi connectivity index (χ1) is 13.5. The molecule has 1 aliphatic carbocycles. The second kappa shape index (κ2) is 6.91. The summed E-state index contributed by atoms with van der Waals surface area (Å²) in [6.45, 7) is 3.68. The topological polar surface area (TPSA) is 61.8 Å². The van der Waals surface area contributed by atoms with Gasteiger partial charge >= 0.3 is 6.16 Å². The highest BCUT2D eigenvalue weighted by atomic mass is 16.8. The van der Waals surface area contributed by atoms with Gasteiger partial charge < -0.3 is 14.2 Å². The van der Waals surface area contributed by atoms with E-state index in [-0.39, 0.29) is 11.7 Å². The third-order valence-corrected chi connectivity index (χ3v) is 5.85. The van der Waals surface area contributed by atoms with Gasteiger partial charge in [-0.05, 0) is 36.1 Å². The molecule has 0 bridgehead atoms. The summed E-state index contributed by atoms with van der Waals surface area (Å²) in [6.07, 6.45) is -2.60. The molecule has 4 unspecified atom stereocenters. The van der Waals surface area contributed by atoms with Crippen molar-refractivity contribution in [2.45, 2.75) is 32.2 Å². The van der Waals surface area contributed by atoms with E-state index in [1.807, 2.05) is 74.5 Å². The highest BCUT2D eigenvalue weighted by Gasteiger charge is 2.62. The van der Waals surface area contributed by atoms with E-state index < -0.39 is 24.0 Å². The second-order valence-corrected chi connectivity index (χ2v) is 7.37. The highest BCUT2D eigenvalue weighted by molar-refractivity contribution is 6.13. The third-order valence-electron chi connectivity index (χ3n) is 5.85. The van der Waals surface area contributed by atoms with Crippen LogP contribution >= 0.6 is 0 Å². The van der Waals surface area contributed by atoms with Crippen molar-refractivity contribution in [2.24, 2.45) is 5.41 Å². The number of Topliss-reactive ketones (excluding diaryl/α,β-unsaturated/α-hetero) is 1. The number of carbonyl (C=O) groups is 2. The number of ether oxygens (including phenoxy) is 3. The molecule has 0 radical (unpaired) electrons. The normalized spacial score (nSPS) is 29.8. The number of rotatable bonds is 4. The Bertz CT molecular complexity index is 934. The summed E-state index contributed by atoms with van der Waals surface area (Å²) in [7, 11) is 1.44. The maximum atomic E-state index is 13.6. The first kappa shape index (κ1) is 18.4. The summed E-state index contributed by atoms with van der Waals surface area (Å²) in [5, 5.41) is 0. The van der Waals surface area contributed by atoms with Crippen LogP contribution in [-0.2, 0) is 19.0 Å². The zero-order valence-electron chi connectivity index (χ0n) is 16.0. The monoisotopic (exact) mass is 378 g/mol. The lowest BCUT2D eigenvalue weighted by Crippen LogP contribution is -2.47. The van der Waals surface area contributed by atoms with Gasteiger partial charge in [0.05, 0.1) is 5.41 Å². The molecule has 1 saturated heterocycles. The lowest BCUT2D eigenvalue weighted by atomic mass is 9.67. The number of cyclic esters (lactones) is 2. The van der Waals surface area contributed by atoms with Gasteiger partial charge in [-0.15, -0.1) is 0 Å². The quantitative estimate of drug-likeness (QED) is 0.741. The minimum absolute atomic E-state index is 0.0643. The molecule has 0 amide bonds. The van der Waals surface area contributed by atoms with Crippen molar-refractivity contribution in [3.05, 3.63) is 77.4 Å². The minimum atomic E-state index is -1.05. The predicted molar refractivity (Wildman–Crippen MR) is 103 cm³/mol. The molecule has 5 heteroatoms. The molecule has 0 aromatic heterocycles. The van der Waals surface area contributed by atoms with Crippen LogP contribution < -0.4 is 0 Å². The van der Waals surface area contributed by atoms with E-state index in [0.717, 1.165) is 16.7 Å². The van der Waals surface area contributed by atoms with Gasteiger partial charge in [-0.25, -0.2) is 4.79 Å². The predicted octanol–water partition coefficient (Wildman–Crippen LogP) is 4.34. The van der Waals surface area contributed by atoms with E-state index in [1.165, 1.54) is 7.11 Å². The average molecular weight is 378 g/mol. The van der Waals surface area contributed by atoms with Crippen LogP contribution in [0.15, 0.2) is 66.2 Å². The van der Waals surface area contributed by atoms with Crippen molar-refractivity contribution in [1.29, 1.82) is 0 Å². The van der Waals surface area contributed by atoms with E-state index in [0.29, 0.717) is 5.57 Å². The fourth-order valence-corrected chi connectivity index (χ4v) is 4.55. The summed E-state index contributed by atoms with van der Waals surface area (Å²) in [6, 6.07) is 19.7. The summed E-state index contributed by atoms with van der Waals surface area (Å²) in [5.41, 5.74) is 2.51. The van der Waals surface area contributed by atoms with Crippen LogP contribution in [0.1, 0.15) is 30.9 Å². The largest absolute Gasteiger partial charge is 0.511 e. The lowest BCUT2D eigenvalue weighted by molar-refractivity contribution is -0.143. The van der Waals surface area contributed by atoms with Crippen molar-refractivity contribution in [3.63, 3.8) is 0 Å². The molecule has 2 aromatic rings. The number of methoxy groups -OCH3 is 1. The summed E-state index contributed by atoms with van der Waals surface area (Å²) < 4.78 is 16.0. The van der Waals surface area contributed by atoms with Crippen LogP contribution in [0.4, 0.5) is 4.79 Å². The smallest absolute Gasteiger partial charge is 0.423 e. The molecule has 0 spiro atoms. The van der Waals surface area contributed by atoms with Crippen LogP contribution in [0, 0.1) is 5.41 Å². The maximum absolute atomic E-state index is 13.6. The Labute approximate surface area is 163 Å². The highest BCUT2D eigenvalue weighted by Crippen LogP contribution is 2.57. The second-order valence-electron chi connectivity index (χ2n) is 7.37. The van der Waals surface area contributed by atoms with Gasteiger partial charge in [0.25, 0.3) is 0 Å². The third kappa shape index (κ3) is 2.66. The van der Waals surface area contributed by atoms with Gasteiger partial charge in [0.1, 0.15) is 0 Å². The van der Waals surface area contributed by atoms with Crippen molar-refractivity contribution in [1.82, 2.24) is 0 Å². The Morgan fingerprint density at radius 1 is 0.929 bits per heavy atom. The van der Waals surface area contributed by atoms with Gasteiger partial charge in [-0.2, -0.15) is 0 Å². The van der Waals surface area contributed by atoms with Crippen molar-refractivity contribution >= 4 is 17.5 Å². The Morgan fingerprint density at radius 2 is 1.54 bits per heavy atom. The molecule has 1 aliphatic heterocycles. The fourth-order valence-electron chi connectivity index (χ4n) is 4.55. The van der Waals surface area contributed by atoms with Crippen LogP contribution in [0.25, 0.3) is 5.57 Å². The van der Waals surface area contributed by atoms with Gasteiger partial charge in [-0.1, -0.05) is 60.7 Å². The van der Waals surface area contributed by atoms with Crippen LogP contribution in [0.5, 0.6) is 0 Å². The summed E-state index contributed by atoms with van der Waals surface area (Å²) >= 11 is 0.